The normalized spacial score (nSPS) is 11.0. The summed E-state index contributed by atoms with van der Waals surface area (Å²) >= 11 is 0. The maximum Gasteiger partial charge on any atom is 2.00 e. The van der Waals surface area contributed by atoms with E-state index in [2.05, 4.69) is 44.2 Å². The topological polar surface area (TPSA) is 57.4 Å². The maximum atomic E-state index is 4.63. The van der Waals surface area contributed by atoms with E-state index in [0.717, 1.165) is 44.8 Å². The minimum Gasteiger partial charge on any atom is -0.355 e. The van der Waals surface area contributed by atoms with Gasteiger partial charge in [0.25, 0.3) is 0 Å². The van der Waals surface area contributed by atoms with Gasteiger partial charge in [0.15, 0.2) is 0 Å². The molecule has 5 aromatic rings. The molecule has 0 radical (unpaired) electrons. The Balaban J connectivity index is 0.000000219. The summed E-state index contributed by atoms with van der Waals surface area (Å²) in [5.74, 6) is 0. The molecule has 0 saturated carbocycles. The number of hydrogen-bond donors (Lipinski definition) is 2. The van der Waals surface area contributed by atoms with Crippen molar-refractivity contribution >= 4 is 46.4 Å². The first-order valence-electron chi connectivity index (χ1n) is 11.2. The summed E-state index contributed by atoms with van der Waals surface area (Å²) in [4.78, 5) is 16.0. The van der Waals surface area contributed by atoms with Gasteiger partial charge in [-0.1, -0.05) is 0 Å². The van der Waals surface area contributed by atoms with Crippen LogP contribution in [0.1, 0.15) is 22.8 Å². The number of H-pyrrole nitrogens is 2. The smallest absolute Gasteiger partial charge is 0.355 e. The molecule has 0 fully saturated rings. The Kier molecular flexibility index (Phi) is 8.08. The molecule has 0 aliphatic carbocycles. The molecule has 2 aromatic carbocycles. The number of hydrogen-bond acceptors (Lipinski definition) is 2. The Morgan fingerprint density at radius 3 is 0.971 bits per heavy atom. The van der Waals surface area contributed by atoms with Crippen LogP contribution in [0.15, 0.2) is 109 Å². The molecule has 2 N–H and O–H groups in total. The number of nitrogens with one attached hydrogen (secondary N) is 2. The maximum absolute atomic E-state index is 4.63. The van der Waals surface area contributed by atoms with Gasteiger partial charge in [0, 0.05) is 22.1 Å². The SMILES string of the molecule is C1=Cc2cc3ccc(cc4nc(cc5ccc(cc1n2)[nH]5)C=C4)[nH]3.[Fe+2].c1cc[cH-]c1.c1cc[cH-]c1. The third-order valence-electron chi connectivity index (χ3n) is 5.15. The van der Waals surface area contributed by atoms with Crippen molar-refractivity contribution in [3.63, 3.8) is 0 Å². The minimum absolute atomic E-state index is 0. The zero-order chi connectivity index (χ0) is 23.0. The monoisotopic (exact) mass is 496 g/mol. The predicted molar refractivity (Wildman–Crippen MR) is 143 cm³/mol. The van der Waals surface area contributed by atoms with E-state index in [1.807, 2.05) is 109 Å². The van der Waals surface area contributed by atoms with Crippen molar-refractivity contribution in [1.82, 2.24) is 19.9 Å². The zero-order valence-corrected chi connectivity index (χ0v) is 20.1. The van der Waals surface area contributed by atoms with Gasteiger partial charge >= 0.3 is 17.1 Å². The zero-order valence-electron chi connectivity index (χ0n) is 18.9. The van der Waals surface area contributed by atoms with Gasteiger partial charge in [-0.25, -0.2) is 34.2 Å². The van der Waals surface area contributed by atoms with E-state index >= 15 is 0 Å². The molecular formula is C30H24FeN4. The summed E-state index contributed by atoms with van der Waals surface area (Å²) in [6.45, 7) is 0. The average molecular weight is 496 g/mol. The van der Waals surface area contributed by atoms with Gasteiger partial charge in [-0.15, -0.1) is 0 Å². The van der Waals surface area contributed by atoms with Crippen LogP contribution < -0.4 is 0 Å². The number of rotatable bonds is 0. The Hall–Kier alpha value is -4.18. The largest absolute Gasteiger partial charge is 2.00 e. The van der Waals surface area contributed by atoms with Crippen LogP contribution in [-0.2, 0) is 17.1 Å². The fraction of sp³-hybridized carbons (Fsp3) is 0. The summed E-state index contributed by atoms with van der Waals surface area (Å²) in [6.07, 6.45) is 8.09. The molecule has 5 heterocycles. The van der Waals surface area contributed by atoms with Crippen LogP contribution in [0.5, 0.6) is 0 Å². The van der Waals surface area contributed by atoms with Gasteiger partial charge in [-0.2, -0.15) is 36.4 Å². The van der Waals surface area contributed by atoms with Crippen LogP contribution in [0.25, 0.3) is 46.4 Å². The van der Waals surface area contributed by atoms with Crippen molar-refractivity contribution in [2.45, 2.75) is 0 Å². The van der Waals surface area contributed by atoms with Crippen molar-refractivity contribution in [2.24, 2.45) is 0 Å². The van der Waals surface area contributed by atoms with Crippen molar-refractivity contribution < 1.29 is 17.1 Å². The Morgan fingerprint density at radius 1 is 0.457 bits per heavy atom. The van der Waals surface area contributed by atoms with Crippen LogP contribution >= 0.6 is 0 Å². The molecule has 2 aliphatic heterocycles. The van der Waals surface area contributed by atoms with Crippen LogP contribution in [0.4, 0.5) is 0 Å². The van der Waals surface area contributed by atoms with Crippen molar-refractivity contribution in [3.05, 3.63) is 132 Å². The molecule has 0 atom stereocenters. The van der Waals surface area contributed by atoms with E-state index in [0.29, 0.717) is 0 Å². The predicted octanol–water partition coefficient (Wildman–Crippen LogP) is 7.46. The van der Waals surface area contributed by atoms with Gasteiger partial charge < -0.3 is 9.97 Å². The minimum atomic E-state index is 0. The van der Waals surface area contributed by atoms with Gasteiger partial charge in [-0.3, -0.25) is 0 Å². The first-order valence-corrected chi connectivity index (χ1v) is 11.2. The number of nitrogens with zero attached hydrogens (tertiary/aromatic N) is 2. The quantitative estimate of drug-likeness (QED) is 0.169. The molecule has 5 heteroatoms. The van der Waals surface area contributed by atoms with Gasteiger partial charge in [0.2, 0.25) is 0 Å². The summed E-state index contributed by atoms with van der Waals surface area (Å²) in [5, 5.41) is 0. The number of fused-ring (bicyclic) bond motifs is 8. The average Bonchev–Trinajstić information content (AvgIpc) is 3.65. The molecule has 4 nitrogen and oxygen atoms in total. The number of aromatic amines is 2. The fourth-order valence-electron chi connectivity index (χ4n) is 3.58. The van der Waals surface area contributed by atoms with Crippen molar-refractivity contribution in [1.29, 1.82) is 0 Å². The van der Waals surface area contributed by atoms with Crippen LogP contribution in [0.3, 0.4) is 0 Å². The van der Waals surface area contributed by atoms with E-state index in [1.54, 1.807) is 0 Å². The molecule has 172 valence electrons. The van der Waals surface area contributed by atoms with E-state index in [4.69, 9.17) is 0 Å². The summed E-state index contributed by atoms with van der Waals surface area (Å²) in [5.41, 5.74) is 7.86. The summed E-state index contributed by atoms with van der Waals surface area (Å²) in [6, 6.07) is 36.4. The molecule has 0 spiro atoms. The first kappa shape index (κ1) is 24.0. The third-order valence-corrected chi connectivity index (χ3v) is 5.15. The summed E-state index contributed by atoms with van der Waals surface area (Å²) in [7, 11) is 0. The Labute approximate surface area is 215 Å². The number of aromatic nitrogens is 4. The van der Waals surface area contributed by atoms with Gasteiger partial charge in [0.05, 0.1) is 22.8 Å². The molecule has 3 aromatic heterocycles. The standard InChI is InChI=1S/C20H14N4.2C5H5.Fe/c1-2-14-10-16-5-6-18(23-16)12-20-8-7-19(24-20)11-17-4-3-15(22-17)9-13(1)21-14;2*1-2-4-5-3-1;/h1-12,21,24H;2*1-5H;/q;2*-1;+2. The molecule has 2 aliphatic rings. The first-order chi connectivity index (χ1) is 16.8. The summed E-state index contributed by atoms with van der Waals surface area (Å²) < 4.78 is 0. The van der Waals surface area contributed by atoms with Crippen LogP contribution in [-0.4, -0.2) is 19.9 Å². The van der Waals surface area contributed by atoms with E-state index in [9.17, 15) is 0 Å². The molecule has 0 saturated heterocycles. The molecule has 35 heavy (non-hydrogen) atoms. The van der Waals surface area contributed by atoms with Gasteiger partial charge in [0.1, 0.15) is 0 Å². The molecule has 0 amide bonds. The second kappa shape index (κ2) is 11.8. The van der Waals surface area contributed by atoms with E-state index in [1.165, 1.54) is 0 Å². The molecular weight excluding hydrogens is 472 g/mol. The molecule has 7 rings (SSSR count). The van der Waals surface area contributed by atoms with Crippen LogP contribution in [0.2, 0.25) is 0 Å². The third kappa shape index (κ3) is 6.90. The van der Waals surface area contributed by atoms with Gasteiger partial charge in [-0.05, 0) is 72.8 Å². The van der Waals surface area contributed by atoms with E-state index in [-0.39, 0.29) is 17.1 Å². The second-order valence-corrected chi connectivity index (χ2v) is 7.83. The van der Waals surface area contributed by atoms with Crippen LogP contribution in [0, 0.1) is 0 Å². The van der Waals surface area contributed by atoms with Crippen molar-refractivity contribution in [2.75, 3.05) is 0 Å². The molecule has 0 unspecified atom stereocenters. The van der Waals surface area contributed by atoms with Crippen molar-refractivity contribution in [3.8, 4) is 0 Å². The van der Waals surface area contributed by atoms with E-state index < -0.39 is 0 Å². The second-order valence-electron chi connectivity index (χ2n) is 7.83. The Morgan fingerprint density at radius 2 is 0.743 bits per heavy atom. The Bertz CT molecular complexity index is 1310. The fourth-order valence-corrected chi connectivity index (χ4v) is 3.58. The molecule has 8 bridgehead atoms.